The number of benzene rings is 1. The van der Waals surface area contributed by atoms with Crippen LogP contribution in [0.15, 0.2) is 18.2 Å². The SMILES string of the molecule is N[C@H](c1ccc(OC(F)(F)F)c(Cl)c1)C(F)F. The van der Waals surface area contributed by atoms with Gasteiger partial charge in [0.15, 0.2) is 0 Å². The van der Waals surface area contributed by atoms with Crippen molar-refractivity contribution in [2.75, 3.05) is 0 Å². The van der Waals surface area contributed by atoms with E-state index in [1.807, 2.05) is 0 Å². The van der Waals surface area contributed by atoms with Gasteiger partial charge in [0.05, 0.1) is 11.1 Å². The van der Waals surface area contributed by atoms with Crippen LogP contribution in [0, 0.1) is 0 Å². The molecule has 0 fully saturated rings. The fourth-order valence-corrected chi connectivity index (χ4v) is 1.30. The van der Waals surface area contributed by atoms with E-state index in [1.165, 1.54) is 0 Å². The van der Waals surface area contributed by atoms with Gasteiger partial charge in [-0.15, -0.1) is 13.2 Å². The average Bonchev–Trinajstić information content (AvgIpc) is 2.18. The summed E-state index contributed by atoms with van der Waals surface area (Å²) in [5.41, 5.74) is 5.04. The zero-order valence-electron chi connectivity index (χ0n) is 8.14. The first kappa shape index (κ1) is 14.0. The van der Waals surface area contributed by atoms with Crippen molar-refractivity contribution in [2.45, 2.75) is 18.8 Å². The number of ether oxygens (including phenoxy) is 1. The van der Waals surface area contributed by atoms with Gasteiger partial charge in [-0.2, -0.15) is 0 Å². The van der Waals surface area contributed by atoms with Crippen molar-refractivity contribution in [3.05, 3.63) is 28.8 Å². The largest absolute Gasteiger partial charge is 0.573 e. The lowest BCUT2D eigenvalue weighted by Gasteiger charge is -2.14. The second-order valence-electron chi connectivity index (χ2n) is 3.10. The van der Waals surface area contributed by atoms with Crippen LogP contribution in [0.25, 0.3) is 0 Å². The minimum atomic E-state index is -4.89. The van der Waals surface area contributed by atoms with Crippen molar-refractivity contribution in [3.63, 3.8) is 0 Å². The van der Waals surface area contributed by atoms with E-state index in [4.69, 9.17) is 17.3 Å². The monoisotopic (exact) mass is 275 g/mol. The minimum absolute atomic E-state index is 0.0699. The predicted molar refractivity (Wildman–Crippen MR) is 51.1 cm³/mol. The molecular weight excluding hydrogens is 269 g/mol. The van der Waals surface area contributed by atoms with Crippen molar-refractivity contribution >= 4 is 11.6 Å². The van der Waals surface area contributed by atoms with Crippen LogP contribution in [-0.2, 0) is 0 Å². The Balaban J connectivity index is 2.94. The summed E-state index contributed by atoms with van der Waals surface area (Å²) in [5, 5.41) is -0.434. The summed E-state index contributed by atoms with van der Waals surface area (Å²) in [6.07, 6.45) is -7.73. The van der Waals surface area contributed by atoms with E-state index >= 15 is 0 Å². The molecule has 0 amide bonds. The van der Waals surface area contributed by atoms with Gasteiger partial charge in [0.2, 0.25) is 0 Å². The maximum Gasteiger partial charge on any atom is 0.573 e. The molecule has 2 N–H and O–H groups in total. The molecule has 0 aliphatic rings. The fourth-order valence-electron chi connectivity index (χ4n) is 1.08. The average molecular weight is 276 g/mol. The van der Waals surface area contributed by atoms with E-state index < -0.39 is 29.6 Å². The summed E-state index contributed by atoms with van der Waals surface area (Å²) in [4.78, 5) is 0. The van der Waals surface area contributed by atoms with E-state index in [1.54, 1.807) is 0 Å². The molecule has 17 heavy (non-hydrogen) atoms. The van der Waals surface area contributed by atoms with Gasteiger partial charge in [-0.25, -0.2) is 8.78 Å². The summed E-state index contributed by atoms with van der Waals surface area (Å²) in [5.74, 6) is -0.663. The molecule has 2 nitrogen and oxygen atoms in total. The molecule has 0 aliphatic heterocycles. The van der Waals surface area contributed by atoms with Crippen LogP contribution in [-0.4, -0.2) is 12.8 Å². The first-order chi connectivity index (χ1) is 7.70. The van der Waals surface area contributed by atoms with Crippen molar-refractivity contribution in [3.8, 4) is 5.75 Å². The first-order valence-electron chi connectivity index (χ1n) is 4.29. The number of alkyl halides is 5. The highest BCUT2D eigenvalue weighted by Gasteiger charge is 2.32. The molecule has 1 rings (SSSR count). The summed E-state index contributed by atoms with van der Waals surface area (Å²) in [7, 11) is 0. The van der Waals surface area contributed by atoms with Crippen LogP contribution in [0.4, 0.5) is 22.0 Å². The van der Waals surface area contributed by atoms with Crippen molar-refractivity contribution in [1.82, 2.24) is 0 Å². The van der Waals surface area contributed by atoms with Crippen LogP contribution in [0.5, 0.6) is 5.75 Å². The van der Waals surface area contributed by atoms with Gasteiger partial charge in [0.25, 0.3) is 6.43 Å². The smallest absolute Gasteiger partial charge is 0.404 e. The number of halogens is 6. The molecule has 0 saturated carbocycles. The lowest BCUT2D eigenvalue weighted by molar-refractivity contribution is -0.274. The van der Waals surface area contributed by atoms with Gasteiger partial charge in [-0.05, 0) is 17.7 Å². The summed E-state index contributed by atoms with van der Waals surface area (Å²) >= 11 is 5.46. The summed E-state index contributed by atoms with van der Waals surface area (Å²) in [6.45, 7) is 0. The Morgan fingerprint density at radius 2 is 1.82 bits per heavy atom. The number of rotatable bonds is 3. The van der Waals surface area contributed by atoms with Gasteiger partial charge in [-0.3, -0.25) is 0 Å². The highest BCUT2D eigenvalue weighted by atomic mass is 35.5. The Morgan fingerprint density at radius 3 is 2.24 bits per heavy atom. The third kappa shape index (κ3) is 4.01. The van der Waals surface area contributed by atoms with Crippen LogP contribution in [0.1, 0.15) is 11.6 Å². The van der Waals surface area contributed by atoms with Crippen molar-refractivity contribution in [2.24, 2.45) is 5.73 Å². The Bertz CT molecular complexity index is 395. The van der Waals surface area contributed by atoms with Crippen LogP contribution in [0.2, 0.25) is 5.02 Å². The van der Waals surface area contributed by atoms with Gasteiger partial charge >= 0.3 is 6.36 Å². The van der Waals surface area contributed by atoms with Crippen molar-refractivity contribution < 1.29 is 26.7 Å². The first-order valence-corrected chi connectivity index (χ1v) is 4.67. The Labute approximate surface area is 98.1 Å². The quantitative estimate of drug-likeness (QED) is 0.857. The van der Waals surface area contributed by atoms with E-state index in [0.29, 0.717) is 0 Å². The second-order valence-corrected chi connectivity index (χ2v) is 3.51. The van der Waals surface area contributed by atoms with E-state index in [-0.39, 0.29) is 5.56 Å². The minimum Gasteiger partial charge on any atom is -0.404 e. The van der Waals surface area contributed by atoms with E-state index in [9.17, 15) is 22.0 Å². The highest BCUT2D eigenvalue weighted by Crippen LogP contribution is 2.32. The lowest BCUT2D eigenvalue weighted by Crippen LogP contribution is -2.20. The molecule has 0 unspecified atom stereocenters. The molecule has 0 radical (unpaired) electrons. The van der Waals surface area contributed by atoms with Gasteiger partial charge in [0, 0.05) is 0 Å². The summed E-state index contributed by atoms with van der Waals surface area (Å²) < 4.78 is 63.7. The highest BCUT2D eigenvalue weighted by molar-refractivity contribution is 6.32. The second kappa shape index (κ2) is 5.05. The molecule has 0 heterocycles. The van der Waals surface area contributed by atoms with Crippen LogP contribution < -0.4 is 10.5 Å². The van der Waals surface area contributed by atoms with Crippen molar-refractivity contribution in [1.29, 1.82) is 0 Å². The van der Waals surface area contributed by atoms with Gasteiger partial charge in [0.1, 0.15) is 5.75 Å². The Kier molecular flexibility index (Phi) is 4.16. The molecule has 0 saturated heterocycles. The van der Waals surface area contributed by atoms with E-state index in [2.05, 4.69) is 4.74 Å². The number of hydrogen-bond acceptors (Lipinski definition) is 2. The zero-order valence-corrected chi connectivity index (χ0v) is 8.90. The third-order valence-corrected chi connectivity index (χ3v) is 2.13. The fraction of sp³-hybridized carbons (Fsp3) is 0.333. The standard InChI is InChI=1S/C9H7ClF5NO/c10-5-3-4(7(16)8(11)12)1-2-6(5)17-9(13,14)15/h1-3,7-8H,16H2/t7-/m1/s1. The molecule has 1 atom stereocenters. The number of nitrogens with two attached hydrogens (primary N) is 1. The zero-order chi connectivity index (χ0) is 13.2. The van der Waals surface area contributed by atoms with Crippen LogP contribution in [0.3, 0.4) is 0 Å². The normalized spacial score (nSPS) is 13.9. The molecule has 96 valence electrons. The van der Waals surface area contributed by atoms with E-state index in [0.717, 1.165) is 18.2 Å². The maximum absolute atomic E-state index is 12.2. The number of hydrogen-bond donors (Lipinski definition) is 1. The molecule has 0 spiro atoms. The molecule has 0 aliphatic carbocycles. The lowest BCUT2D eigenvalue weighted by atomic mass is 10.1. The molecule has 1 aromatic carbocycles. The van der Waals surface area contributed by atoms with Crippen LogP contribution >= 0.6 is 11.6 Å². The van der Waals surface area contributed by atoms with Gasteiger partial charge in [-0.1, -0.05) is 17.7 Å². The molecule has 1 aromatic rings. The molecule has 0 bridgehead atoms. The molecule has 8 heteroatoms. The Hall–Kier alpha value is -1.08. The topological polar surface area (TPSA) is 35.2 Å². The van der Waals surface area contributed by atoms with Gasteiger partial charge < -0.3 is 10.5 Å². The molecular formula is C9H7ClF5NO. The maximum atomic E-state index is 12.2. The predicted octanol–water partition coefficient (Wildman–Crippen LogP) is 3.50. The molecule has 0 aromatic heterocycles. The third-order valence-electron chi connectivity index (χ3n) is 1.84. The Morgan fingerprint density at radius 1 is 1.24 bits per heavy atom. The summed E-state index contributed by atoms with van der Waals surface area (Å²) in [6, 6.07) is 1.16.